The van der Waals surface area contributed by atoms with Crippen molar-refractivity contribution in [3.8, 4) is 17.0 Å². The van der Waals surface area contributed by atoms with Gasteiger partial charge in [0.05, 0.1) is 17.5 Å². The zero-order valence-electron chi connectivity index (χ0n) is 23.3. The number of carbonyl (C=O) groups excluding carboxylic acids is 2. The summed E-state index contributed by atoms with van der Waals surface area (Å²) in [6, 6.07) is 7.01. The topological polar surface area (TPSA) is 201 Å². The molecule has 13 heteroatoms. The molecule has 41 heavy (non-hydrogen) atoms. The number of aromatic nitrogens is 2. The summed E-state index contributed by atoms with van der Waals surface area (Å²) in [5, 5.41) is 25.8. The van der Waals surface area contributed by atoms with Crippen molar-refractivity contribution in [2.24, 2.45) is 5.73 Å². The van der Waals surface area contributed by atoms with E-state index in [1.54, 1.807) is 12.1 Å². The standard InChI is InChI=1S/C28H35FN8O4/c1-5-15(4)36-27(40)18-8-17(9-19(30)10-18)21-12-34-26(35-14(2)3)28(41)37(21)13-22(38)33-11-16-6-7-20(25(31)32)24(39)23(16)29/h6-10,12,14-15,39H,5,11,13,30H2,1-4H3,(H3,31,32)(H,33,38)(H,34,35)(H,36,40)/t15-/m0/s1. The number of nitrogen functional groups attached to an aromatic ring is 2. The summed E-state index contributed by atoms with van der Waals surface area (Å²) < 4.78 is 15.8. The van der Waals surface area contributed by atoms with Gasteiger partial charge in [-0.25, -0.2) is 9.37 Å². The van der Waals surface area contributed by atoms with E-state index in [1.165, 1.54) is 29.0 Å². The first kappa shape index (κ1) is 30.6. The van der Waals surface area contributed by atoms with E-state index in [0.717, 1.165) is 6.42 Å². The Hall–Kier alpha value is -4.94. The van der Waals surface area contributed by atoms with Gasteiger partial charge in [-0.1, -0.05) is 13.0 Å². The van der Waals surface area contributed by atoms with Gasteiger partial charge < -0.3 is 32.5 Å². The maximum Gasteiger partial charge on any atom is 0.294 e. The van der Waals surface area contributed by atoms with Crippen LogP contribution >= 0.6 is 0 Å². The van der Waals surface area contributed by atoms with Crippen LogP contribution in [-0.4, -0.2) is 44.4 Å². The number of nitrogens with one attached hydrogen (secondary N) is 4. The smallest absolute Gasteiger partial charge is 0.294 e. The number of rotatable bonds is 11. The minimum absolute atomic E-state index is 0.0194. The average molecular weight is 567 g/mol. The molecule has 12 nitrogen and oxygen atoms in total. The summed E-state index contributed by atoms with van der Waals surface area (Å²) in [5.74, 6) is -3.28. The molecular weight excluding hydrogens is 531 g/mol. The zero-order valence-corrected chi connectivity index (χ0v) is 23.3. The van der Waals surface area contributed by atoms with Gasteiger partial charge in [-0.3, -0.25) is 24.4 Å². The van der Waals surface area contributed by atoms with Crippen LogP contribution in [-0.2, 0) is 17.9 Å². The SMILES string of the molecule is CC[C@H](C)NC(=O)c1cc(N)cc(-c2cnc(NC(C)C)c(=O)n2CC(=O)NCc2ccc(C(=N)N)c(O)c2F)c1. The Labute approximate surface area is 236 Å². The highest BCUT2D eigenvalue weighted by molar-refractivity contribution is 5.98. The number of aromatic hydroxyl groups is 1. The molecular formula is C28H35FN8O4. The Morgan fingerprint density at radius 2 is 1.90 bits per heavy atom. The maximum atomic E-state index is 14.6. The minimum atomic E-state index is -1.02. The second kappa shape index (κ2) is 12.9. The lowest BCUT2D eigenvalue weighted by molar-refractivity contribution is -0.121. The van der Waals surface area contributed by atoms with E-state index in [-0.39, 0.29) is 58.4 Å². The van der Waals surface area contributed by atoms with Crippen LogP contribution in [0.4, 0.5) is 15.9 Å². The molecule has 1 aromatic heterocycles. The average Bonchev–Trinajstić information content (AvgIpc) is 2.90. The zero-order chi connectivity index (χ0) is 30.4. The summed E-state index contributed by atoms with van der Waals surface area (Å²) in [4.78, 5) is 43.4. The first-order valence-electron chi connectivity index (χ1n) is 13.0. The lowest BCUT2D eigenvalue weighted by atomic mass is 10.1. The molecule has 0 aliphatic heterocycles. The molecule has 0 saturated carbocycles. The Morgan fingerprint density at radius 1 is 1.20 bits per heavy atom. The fraction of sp³-hybridized carbons (Fsp3) is 0.321. The molecule has 0 radical (unpaired) electrons. The van der Waals surface area contributed by atoms with Gasteiger partial charge in [0.15, 0.2) is 17.4 Å². The largest absolute Gasteiger partial charge is 0.504 e. The number of anilines is 2. The number of nitrogens with zero attached hydrogens (tertiary/aromatic N) is 2. The maximum absolute atomic E-state index is 14.6. The lowest BCUT2D eigenvalue weighted by Crippen LogP contribution is -2.35. The van der Waals surface area contributed by atoms with Gasteiger partial charge in [-0.2, -0.15) is 0 Å². The summed E-state index contributed by atoms with van der Waals surface area (Å²) in [6.07, 6.45) is 2.14. The summed E-state index contributed by atoms with van der Waals surface area (Å²) in [5.41, 5.74) is 11.8. The molecule has 0 fully saturated rings. The van der Waals surface area contributed by atoms with Crippen molar-refractivity contribution in [2.75, 3.05) is 11.1 Å². The first-order valence-corrected chi connectivity index (χ1v) is 13.0. The highest BCUT2D eigenvalue weighted by atomic mass is 19.1. The number of hydrogen-bond acceptors (Lipinski definition) is 8. The molecule has 1 heterocycles. The van der Waals surface area contributed by atoms with Crippen LogP contribution in [0.5, 0.6) is 5.75 Å². The van der Waals surface area contributed by atoms with Crippen molar-refractivity contribution in [2.45, 2.75) is 59.3 Å². The fourth-order valence-corrected chi connectivity index (χ4v) is 3.94. The van der Waals surface area contributed by atoms with Gasteiger partial charge in [-0.15, -0.1) is 0 Å². The van der Waals surface area contributed by atoms with Crippen LogP contribution in [0, 0.1) is 11.2 Å². The van der Waals surface area contributed by atoms with Gasteiger partial charge in [0.25, 0.3) is 11.5 Å². The highest BCUT2D eigenvalue weighted by Crippen LogP contribution is 2.25. The predicted octanol–water partition coefficient (Wildman–Crippen LogP) is 2.29. The number of hydrogen-bond donors (Lipinski definition) is 7. The van der Waals surface area contributed by atoms with Gasteiger partial charge in [0, 0.05) is 41.0 Å². The quantitative estimate of drug-likeness (QED) is 0.104. The van der Waals surface area contributed by atoms with Crippen LogP contribution in [0.2, 0.25) is 0 Å². The molecule has 2 amide bonds. The summed E-state index contributed by atoms with van der Waals surface area (Å²) >= 11 is 0. The fourth-order valence-electron chi connectivity index (χ4n) is 3.94. The number of phenols is 1. The molecule has 0 aliphatic carbocycles. The molecule has 0 unspecified atom stereocenters. The van der Waals surface area contributed by atoms with Crippen molar-refractivity contribution in [3.05, 3.63) is 69.4 Å². The Morgan fingerprint density at radius 3 is 2.54 bits per heavy atom. The van der Waals surface area contributed by atoms with Gasteiger partial charge in [0.2, 0.25) is 5.91 Å². The molecule has 3 aromatic rings. The second-order valence-electron chi connectivity index (χ2n) is 9.93. The molecule has 0 bridgehead atoms. The van der Waals surface area contributed by atoms with E-state index in [0.29, 0.717) is 5.56 Å². The molecule has 0 aliphatic rings. The number of phenolic OH excluding ortho intramolecular Hbond substituents is 1. The predicted molar refractivity (Wildman–Crippen MR) is 155 cm³/mol. The number of amidine groups is 1. The van der Waals surface area contributed by atoms with Crippen LogP contribution < -0.4 is 33.0 Å². The Balaban J connectivity index is 1.97. The monoisotopic (exact) mass is 566 g/mol. The third kappa shape index (κ3) is 7.38. The summed E-state index contributed by atoms with van der Waals surface area (Å²) in [6.45, 7) is 6.69. The third-order valence-corrected chi connectivity index (χ3v) is 6.25. The number of nitrogens with two attached hydrogens (primary N) is 2. The summed E-state index contributed by atoms with van der Waals surface area (Å²) in [7, 11) is 0. The number of carbonyl (C=O) groups is 2. The molecule has 0 saturated heterocycles. The van der Waals surface area contributed by atoms with Crippen molar-refractivity contribution in [3.63, 3.8) is 0 Å². The molecule has 9 N–H and O–H groups in total. The Bertz CT molecular complexity index is 1540. The number of benzene rings is 2. The van der Waals surface area contributed by atoms with Gasteiger partial charge in [-0.05, 0) is 51.5 Å². The third-order valence-electron chi connectivity index (χ3n) is 6.25. The van der Waals surface area contributed by atoms with Crippen molar-refractivity contribution in [1.29, 1.82) is 5.41 Å². The van der Waals surface area contributed by atoms with Crippen molar-refractivity contribution >= 4 is 29.2 Å². The normalized spacial score (nSPS) is 11.7. The van der Waals surface area contributed by atoms with E-state index in [9.17, 15) is 23.9 Å². The second-order valence-corrected chi connectivity index (χ2v) is 9.93. The number of halogens is 1. The van der Waals surface area contributed by atoms with Gasteiger partial charge >= 0.3 is 0 Å². The molecule has 3 rings (SSSR count). The van der Waals surface area contributed by atoms with Crippen LogP contribution in [0.1, 0.15) is 55.6 Å². The van der Waals surface area contributed by atoms with Crippen molar-refractivity contribution in [1.82, 2.24) is 20.2 Å². The number of amides is 2. The van der Waals surface area contributed by atoms with Gasteiger partial charge in [0.1, 0.15) is 12.4 Å². The van der Waals surface area contributed by atoms with E-state index in [1.807, 2.05) is 27.7 Å². The van der Waals surface area contributed by atoms with E-state index in [2.05, 4.69) is 20.9 Å². The molecule has 1 atom stereocenters. The Kier molecular flexibility index (Phi) is 9.66. The molecule has 0 spiro atoms. The lowest BCUT2D eigenvalue weighted by Gasteiger charge is -2.17. The van der Waals surface area contributed by atoms with Crippen LogP contribution in [0.3, 0.4) is 0 Å². The minimum Gasteiger partial charge on any atom is -0.504 e. The van der Waals surface area contributed by atoms with E-state index >= 15 is 0 Å². The first-order chi connectivity index (χ1) is 19.3. The van der Waals surface area contributed by atoms with E-state index < -0.39 is 35.4 Å². The molecule has 218 valence electrons. The highest BCUT2D eigenvalue weighted by Gasteiger charge is 2.19. The van der Waals surface area contributed by atoms with E-state index in [4.69, 9.17) is 16.9 Å². The van der Waals surface area contributed by atoms with Crippen LogP contribution in [0.15, 0.2) is 41.3 Å². The van der Waals surface area contributed by atoms with Crippen molar-refractivity contribution < 1.29 is 19.1 Å². The van der Waals surface area contributed by atoms with Crippen LogP contribution in [0.25, 0.3) is 11.3 Å². The molecule has 2 aromatic carbocycles.